The second-order valence-corrected chi connectivity index (χ2v) is 15.8. The van der Waals surface area contributed by atoms with E-state index in [2.05, 4.69) is 30.9 Å². The van der Waals surface area contributed by atoms with Crippen LogP contribution < -0.4 is 10.6 Å². The Morgan fingerprint density at radius 2 is 1.63 bits per heavy atom. The van der Waals surface area contributed by atoms with Gasteiger partial charge in [-0.15, -0.1) is 0 Å². The average Bonchev–Trinajstić information content (AvgIpc) is 3.68. The first-order valence-electron chi connectivity index (χ1n) is 18.7. The highest BCUT2D eigenvalue weighted by atomic mass is 19.1. The SMILES string of the molecule is Cc1n[nH]c(C)c1-c1ccc(NC(=O)C(NC(=O)c2ccnn2CC2CN(C(=O)OC(C)(C)C)C2)C(C2CCCCC2)C2CCCCC2)nc1F. The predicted octanol–water partition coefficient (Wildman–Crippen LogP) is 6.80. The maximum Gasteiger partial charge on any atom is 0.410 e. The molecule has 0 spiro atoms. The van der Waals surface area contributed by atoms with E-state index in [0.29, 0.717) is 42.1 Å². The Balaban J connectivity index is 1.23. The van der Waals surface area contributed by atoms with E-state index in [1.165, 1.54) is 12.8 Å². The lowest BCUT2D eigenvalue weighted by Crippen LogP contribution is -2.54. The van der Waals surface area contributed by atoms with Gasteiger partial charge in [-0.1, -0.05) is 64.2 Å². The van der Waals surface area contributed by atoms with Crippen molar-refractivity contribution in [3.63, 3.8) is 0 Å². The molecule has 3 aromatic heterocycles. The molecule has 6 rings (SSSR count). The summed E-state index contributed by atoms with van der Waals surface area (Å²) in [4.78, 5) is 46.8. The van der Waals surface area contributed by atoms with Gasteiger partial charge in [0.25, 0.3) is 5.91 Å². The lowest BCUT2D eigenvalue weighted by Gasteiger charge is -2.42. The molecule has 1 unspecified atom stereocenters. The lowest BCUT2D eigenvalue weighted by molar-refractivity contribution is -0.121. The molecule has 3 aromatic rings. The van der Waals surface area contributed by atoms with Gasteiger partial charge in [-0.3, -0.25) is 19.4 Å². The molecule has 1 atom stereocenters. The molecule has 51 heavy (non-hydrogen) atoms. The van der Waals surface area contributed by atoms with Crippen LogP contribution in [0.4, 0.5) is 15.0 Å². The summed E-state index contributed by atoms with van der Waals surface area (Å²) in [5.41, 5.74) is 2.12. The van der Waals surface area contributed by atoms with Crippen molar-refractivity contribution in [3.8, 4) is 11.1 Å². The number of hydrogen-bond acceptors (Lipinski definition) is 7. The molecule has 3 amide bonds. The molecule has 3 N–H and O–H groups in total. The van der Waals surface area contributed by atoms with Crippen LogP contribution in [0.25, 0.3) is 11.1 Å². The summed E-state index contributed by atoms with van der Waals surface area (Å²) in [6, 6.07) is 4.03. The summed E-state index contributed by atoms with van der Waals surface area (Å²) in [7, 11) is 0. The molecule has 13 heteroatoms. The molecule has 3 fully saturated rings. The van der Waals surface area contributed by atoms with Crippen molar-refractivity contribution in [1.29, 1.82) is 0 Å². The monoisotopic (exact) mass is 704 g/mol. The summed E-state index contributed by atoms with van der Waals surface area (Å²) in [5, 5.41) is 17.6. The zero-order valence-corrected chi connectivity index (χ0v) is 30.6. The standard InChI is InChI=1S/C38H53FN8O4/c1-23-31(24(2)45-44-23)28-16-17-30(41-34(28)39)42-36(49)33(32(26-12-8-6-9-13-26)27-14-10-7-11-15-27)43-35(48)29-18-19-40-47(29)22-25-20-46(21-25)37(50)51-38(3,4)5/h16-19,25-27,32-33H,6-15,20-22H2,1-5H3,(H,43,48)(H,44,45)(H,41,42,49). The smallest absolute Gasteiger partial charge is 0.410 e. The number of rotatable bonds is 10. The maximum atomic E-state index is 15.5. The van der Waals surface area contributed by atoms with Gasteiger partial charge in [0.15, 0.2) is 0 Å². The van der Waals surface area contributed by atoms with E-state index in [-0.39, 0.29) is 41.5 Å². The summed E-state index contributed by atoms with van der Waals surface area (Å²) in [5.74, 6) is -0.770. The Labute approximate surface area is 299 Å². The first-order chi connectivity index (χ1) is 24.4. The number of nitrogens with zero attached hydrogens (tertiary/aromatic N) is 5. The van der Waals surface area contributed by atoms with E-state index < -0.39 is 23.5 Å². The Morgan fingerprint density at radius 1 is 0.980 bits per heavy atom. The van der Waals surface area contributed by atoms with Crippen molar-refractivity contribution in [2.24, 2.45) is 23.7 Å². The molecular weight excluding hydrogens is 651 g/mol. The van der Waals surface area contributed by atoms with Crippen molar-refractivity contribution in [3.05, 3.63) is 47.4 Å². The molecule has 2 aliphatic carbocycles. The molecular formula is C38H53FN8O4. The number of likely N-dealkylation sites (tertiary alicyclic amines) is 1. The number of aryl methyl sites for hydroxylation is 2. The number of aromatic nitrogens is 5. The van der Waals surface area contributed by atoms with Crippen molar-refractivity contribution < 1.29 is 23.5 Å². The third kappa shape index (κ3) is 8.61. The third-order valence-corrected chi connectivity index (χ3v) is 10.8. The molecule has 0 radical (unpaired) electrons. The van der Waals surface area contributed by atoms with Gasteiger partial charge in [0.2, 0.25) is 11.9 Å². The predicted molar refractivity (Wildman–Crippen MR) is 191 cm³/mol. The quantitative estimate of drug-likeness (QED) is 0.197. The third-order valence-electron chi connectivity index (χ3n) is 10.8. The molecule has 276 valence electrons. The molecule has 0 bridgehead atoms. The van der Waals surface area contributed by atoms with Crippen LogP contribution in [0.1, 0.15) is 107 Å². The van der Waals surface area contributed by atoms with E-state index in [4.69, 9.17) is 4.74 Å². The highest BCUT2D eigenvalue weighted by Crippen LogP contribution is 2.42. The van der Waals surface area contributed by atoms with Gasteiger partial charge in [-0.25, -0.2) is 9.78 Å². The van der Waals surface area contributed by atoms with Gasteiger partial charge in [0, 0.05) is 48.6 Å². The molecule has 1 aliphatic heterocycles. The van der Waals surface area contributed by atoms with Crippen LogP contribution in [0, 0.1) is 43.5 Å². The number of amides is 3. The largest absolute Gasteiger partial charge is 0.444 e. The summed E-state index contributed by atoms with van der Waals surface area (Å²) in [6.45, 7) is 10.6. The highest BCUT2D eigenvalue weighted by Gasteiger charge is 2.42. The molecule has 4 heterocycles. The minimum absolute atomic E-state index is 0.0692. The van der Waals surface area contributed by atoms with Crippen LogP contribution in [-0.4, -0.2) is 72.5 Å². The fraction of sp³-hybridized carbons (Fsp3) is 0.632. The van der Waals surface area contributed by atoms with Crippen molar-refractivity contribution in [1.82, 2.24) is 35.2 Å². The second kappa shape index (κ2) is 15.5. The Hall–Kier alpha value is -4.29. The lowest BCUT2D eigenvalue weighted by atomic mass is 9.66. The number of carbonyl (C=O) groups is 3. The molecule has 12 nitrogen and oxygen atoms in total. The highest BCUT2D eigenvalue weighted by molar-refractivity contribution is 6.00. The van der Waals surface area contributed by atoms with Crippen molar-refractivity contribution >= 4 is 23.7 Å². The number of anilines is 1. The molecule has 2 saturated carbocycles. The van der Waals surface area contributed by atoms with Crippen LogP contribution >= 0.6 is 0 Å². The summed E-state index contributed by atoms with van der Waals surface area (Å²) < 4.78 is 22.6. The maximum absolute atomic E-state index is 15.5. The normalized spacial score (nSPS) is 18.4. The minimum atomic E-state index is -0.846. The zero-order valence-electron chi connectivity index (χ0n) is 30.6. The number of ether oxygens (including phenoxy) is 1. The first-order valence-corrected chi connectivity index (χ1v) is 18.7. The van der Waals surface area contributed by atoms with E-state index in [1.807, 2.05) is 27.7 Å². The Morgan fingerprint density at radius 3 is 2.20 bits per heavy atom. The summed E-state index contributed by atoms with van der Waals surface area (Å²) >= 11 is 0. The second-order valence-electron chi connectivity index (χ2n) is 15.8. The molecule has 3 aliphatic rings. The van der Waals surface area contributed by atoms with Gasteiger partial charge < -0.3 is 20.3 Å². The van der Waals surface area contributed by atoms with E-state index in [1.54, 1.807) is 40.9 Å². The molecule has 1 saturated heterocycles. The van der Waals surface area contributed by atoms with Gasteiger partial charge in [0.05, 0.1) is 5.69 Å². The molecule has 0 aromatic carbocycles. The number of nitrogens with one attached hydrogen (secondary N) is 3. The average molecular weight is 705 g/mol. The van der Waals surface area contributed by atoms with Crippen LogP contribution in [0.15, 0.2) is 24.4 Å². The van der Waals surface area contributed by atoms with Gasteiger partial charge >= 0.3 is 6.09 Å². The summed E-state index contributed by atoms with van der Waals surface area (Å²) in [6.07, 6.45) is 12.1. The van der Waals surface area contributed by atoms with Crippen molar-refractivity contribution in [2.45, 2.75) is 117 Å². The number of carbonyl (C=O) groups excluding carboxylic acids is 3. The van der Waals surface area contributed by atoms with Gasteiger partial charge in [0.1, 0.15) is 23.2 Å². The first kappa shape index (κ1) is 36.5. The number of hydrogen-bond donors (Lipinski definition) is 3. The van der Waals surface area contributed by atoms with Crippen LogP contribution in [-0.2, 0) is 16.1 Å². The number of pyridine rings is 1. The fourth-order valence-corrected chi connectivity index (χ4v) is 8.44. The Bertz CT molecular complexity index is 1660. The fourth-order valence-electron chi connectivity index (χ4n) is 8.44. The van der Waals surface area contributed by atoms with E-state index in [9.17, 15) is 14.4 Å². The number of H-pyrrole nitrogens is 1. The Kier molecular flexibility index (Phi) is 11.1. The topological polar surface area (TPSA) is 147 Å². The van der Waals surface area contributed by atoms with Gasteiger partial charge in [-0.05, 0) is 70.6 Å². The van der Waals surface area contributed by atoms with Crippen LogP contribution in [0.3, 0.4) is 0 Å². The van der Waals surface area contributed by atoms with Crippen molar-refractivity contribution in [2.75, 3.05) is 18.4 Å². The number of halogens is 1. The minimum Gasteiger partial charge on any atom is -0.444 e. The van der Waals surface area contributed by atoms with E-state index in [0.717, 1.165) is 57.1 Å². The van der Waals surface area contributed by atoms with E-state index >= 15 is 4.39 Å². The number of aromatic amines is 1. The van der Waals surface area contributed by atoms with Crippen LogP contribution in [0.2, 0.25) is 0 Å². The van der Waals surface area contributed by atoms with Crippen LogP contribution in [0.5, 0.6) is 0 Å². The van der Waals surface area contributed by atoms with Gasteiger partial charge in [-0.2, -0.15) is 14.6 Å². The zero-order chi connectivity index (χ0) is 36.3.